The van der Waals surface area contributed by atoms with Crippen LogP contribution in [0.4, 0.5) is 5.82 Å². The van der Waals surface area contributed by atoms with Crippen LogP contribution in [0.3, 0.4) is 0 Å². The number of aliphatic hydroxyl groups excluding tert-OH is 2. The van der Waals surface area contributed by atoms with Gasteiger partial charge in [-0.05, 0) is 48.4 Å². The molecular weight excluding hydrogens is 550 g/mol. The lowest BCUT2D eigenvalue weighted by molar-refractivity contribution is 0.198. The van der Waals surface area contributed by atoms with E-state index in [1.165, 1.54) is 11.8 Å². The predicted octanol–water partition coefficient (Wildman–Crippen LogP) is 5.03. The van der Waals surface area contributed by atoms with E-state index in [0.29, 0.717) is 69.6 Å². The van der Waals surface area contributed by atoms with Gasteiger partial charge in [0.05, 0.1) is 24.0 Å². The molecule has 40 heavy (non-hydrogen) atoms. The largest absolute Gasteiger partial charge is 0.491 e. The van der Waals surface area contributed by atoms with Gasteiger partial charge in [0.1, 0.15) is 47.2 Å². The van der Waals surface area contributed by atoms with Gasteiger partial charge < -0.3 is 24.3 Å². The predicted molar refractivity (Wildman–Crippen MR) is 151 cm³/mol. The Balaban J connectivity index is 1.52. The molecular formula is C29H24ClN5O4S. The second-order valence-corrected chi connectivity index (χ2v) is 10.4. The van der Waals surface area contributed by atoms with E-state index in [9.17, 15) is 15.6 Å². The first-order valence-corrected chi connectivity index (χ1v) is 13.9. The standard InChI is InChI=1S/C29H24ClN5O4S/c30-20-5-1-19(2-6-20)28-33-21(16-39-28)17-40-29-25(14-32)26(18-3-7-23(8-4-18)38-12-11-36)24(13-31)27(34-29)35-10-9-22(37)15-35/h1-8,16,22,36-37H,9-12,15,17H2/t22-/m1/s1. The highest BCUT2D eigenvalue weighted by atomic mass is 35.5. The maximum Gasteiger partial charge on any atom is 0.226 e. The lowest BCUT2D eigenvalue weighted by atomic mass is 9.96. The molecule has 2 aromatic heterocycles. The minimum absolute atomic E-state index is 0.110. The summed E-state index contributed by atoms with van der Waals surface area (Å²) >= 11 is 7.31. The normalized spacial score (nSPS) is 14.6. The minimum Gasteiger partial charge on any atom is -0.491 e. The molecule has 4 aromatic rings. The van der Waals surface area contributed by atoms with E-state index < -0.39 is 6.10 Å². The molecule has 1 atom stereocenters. The van der Waals surface area contributed by atoms with Crippen LogP contribution in [0.15, 0.2) is 64.2 Å². The zero-order chi connectivity index (χ0) is 28.1. The van der Waals surface area contributed by atoms with Crippen molar-refractivity contribution < 1.29 is 19.4 Å². The van der Waals surface area contributed by atoms with Gasteiger partial charge in [0.15, 0.2) is 0 Å². The summed E-state index contributed by atoms with van der Waals surface area (Å²) in [5.41, 5.74) is 3.12. The summed E-state index contributed by atoms with van der Waals surface area (Å²) in [6.45, 7) is 0.936. The minimum atomic E-state index is -0.520. The summed E-state index contributed by atoms with van der Waals surface area (Å²) in [4.78, 5) is 11.2. The Labute approximate surface area is 240 Å². The molecule has 9 nitrogen and oxygen atoms in total. The average molecular weight is 574 g/mol. The Morgan fingerprint density at radius 3 is 2.42 bits per heavy atom. The van der Waals surface area contributed by atoms with Crippen molar-refractivity contribution in [3.8, 4) is 40.5 Å². The van der Waals surface area contributed by atoms with E-state index in [-0.39, 0.29) is 24.3 Å². The maximum absolute atomic E-state index is 10.3. The van der Waals surface area contributed by atoms with E-state index in [1.807, 2.05) is 17.0 Å². The molecule has 1 fully saturated rings. The smallest absolute Gasteiger partial charge is 0.226 e. The Morgan fingerprint density at radius 1 is 1.05 bits per heavy atom. The number of aliphatic hydroxyl groups is 2. The Hall–Kier alpha value is -4.06. The molecule has 0 spiro atoms. The number of thioether (sulfide) groups is 1. The number of oxazole rings is 1. The van der Waals surface area contributed by atoms with Crippen LogP contribution in [0.25, 0.3) is 22.6 Å². The lowest BCUT2D eigenvalue weighted by Gasteiger charge is -2.22. The Kier molecular flexibility index (Phi) is 8.54. The number of hydrogen-bond donors (Lipinski definition) is 2. The van der Waals surface area contributed by atoms with Crippen molar-refractivity contribution in [2.45, 2.75) is 23.3 Å². The van der Waals surface area contributed by atoms with Crippen molar-refractivity contribution in [2.75, 3.05) is 31.2 Å². The molecule has 0 radical (unpaired) electrons. The molecule has 0 saturated carbocycles. The molecule has 5 rings (SSSR count). The quantitative estimate of drug-likeness (QED) is 0.262. The van der Waals surface area contributed by atoms with E-state index in [1.54, 1.807) is 42.7 Å². The number of pyridine rings is 1. The summed E-state index contributed by atoms with van der Waals surface area (Å²) in [7, 11) is 0. The summed E-state index contributed by atoms with van der Waals surface area (Å²) < 4.78 is 11.1. The number of rotatable bonds is 9. The molecule has 202 valence electrons. The Bertz CT molecular complexity index is 1580. The zero-order valence-corrected chi connectivity index (χ0v) is 22.8. The van der Waals surface area contributed by atoms with Crippen molar-refractivity contribution in [1.82, 2.24) is 9.97 Å². The van der Waals surface area contributed by atoms with Gasteiger partial charge in [-0.15, -0.1) is 0 Å². The van der Waals surface area contributed by atoms with Crippen LogP contribution in [0.5, 0.6) is 5.75 Å². The number of nitriles is 2. The zero-order valence-electron chi connectivity index (χ0n) is 21.2. The van der Waals surface area contributed by atoms with Crippen molar-refractivity contribution in [3.63, 3.8) is 0 Å². The number of hydrogen-bond acceptors (Lipinski definition) is 10. The van der Waals surface area contributed by atoms with Crippen LogP contribution in [0, 0.1) is 22.7 Å². The summed E-state index contributed by atoms with van der Waals surface area (Å²) in [6.07, 6.45) is 1.61. The van der Waals surface area contributed by atoms with Crippen molar-refractivity contribution >= 4 is 29.2 Å². The van der Waals surface area contributed by atoms with Gasteiger partial charge in [-0.1, -0.05) is 35.5 Å². The first kappa shape index (κ1) is 27.5. The molecule has 2 N–H and O–H groups in total. The molecule has 2 aromatic carbocycles. The average Bonchev–Trinajstić information content (AvgIpc) is 3.64. The molecule has 0 aliphatic carbocycles. The number of β-amino-alcohol motifs (C(OH)–C–C–N with tert-alkyl or cyclic N) is 1. The van der Waals surface area contributed by atoms with E-state index >= 15 is 0 Å². The third-order valence-electron chi connectivity index (χ3n) is 6.33. The highest BCUT2D eigenvalue weighted by Gasteiger charge is 2.29. The van der Waals surface area contributed by atoms with Crippen LogP contribution in [-0.2, 0) is 5.75 Å². The molecule has 3 heterocycles. The number of anilines is 1. The topological polar surface area (TPSA) is 139 Å². The molecule has 0 unspecified atom stereocenters. The number of aromatic nitrogens is 2. The fraction of sp³-hybridized carbons (Fsp3) is 0.241. The van der Waals surface area contributed by atoms with Gasteiger partial charge in [-0.2, -0.15) is 10.5 Å². The highest BCUT2D eigenvalue weighted by molar-refractivity contribution is 7.98. The van der Waals surface area contributed by atoms with E-state index in [0.717, 1.165) is 5.56 Å². The SMILES string of the molecule is N#Cc1c(SCc2coc(-c3ccc(Cl)cc3)n2)nc(N2CC[C@@H](O)C2)c(C#N)c1-c1ccc(OCCO)cc1. The number of halogens is 1. The number of nitrogens with zero attached hydrogens (tertiary/aromatic N) is 5. The van der Waals surface area contributed by atoms with Gasteiger partial charge in [0, 0.05) is 35.0 Å². The van der Waals surface area contributed by atoms with Crippen molar-refractivity contribution in [3.05, 3.63) is 76.6 Å². The molecule has 0 amide bonds. The first-order chi connectivity index (χ1) is 19.5. The van der Waals surface area contributed by atoms with Gasteiger partial charge in [0.2, 0.25) is 5.89 Å². The van der Waals surface area contributed by atoms with Crippen LogP contribution < -0.4 is 9.64 Å². The summed E-state index contributed by atoms with van der Waals surface area (Å²) in [5, 5.41) is 40.8. The van der Waals surface area contributed by atoms with Crippen molar-refractivity contribution in [1.29, 1.82) is 10.5 Å². The van der Waals surface area contributed by atoms with Crippen molar-refractivity contribution in [2.24, 2.45) is 0 Å². The van der Waals surface area contributed by atoms with Crippen LogP contribution in [0.1, 0.15) is 23.2 Å². The summed E-state index contributed by atoms with van der Waals surface area (Å²) in [5.74, 6) is 1.82. The number of ether oxygens (including phenoxy) is 1. The third kappa shape index (κ3) is 5.91. The second kappa shape index (κ2) is 12.4. The fourth-order valence-corrected chi connectivity index (χ4v) is 5.43. The number of benzene rings is 2. The van der Waals surface area contributed by atoms with Gasteiger partial charge in [-0.25, -0.2) is 9.97 Å². The van der Waals surface area contributed by atoms with Gasteiger partial charge in [-0.3, -0.25) is 0 Å². The molecule has 1 saturated heterocycles. The summed E-state index contributed by atoms with van der Waals surface area (Å²) in [6, 6.07) is 18.7. The molecule has 11 heteroatoms. The van der Waals surface area contributed by atoms with Gasteiger partial charge in [0.25, 0.3) is 0 Å². The lowest BCUT2D eigenvalue weighted by Crippen LogP contribution is -2.24. The maximum atomic E-state index is 10.3. The van der Waals surface area contributed by atoms with Crippen LogP contribution >= 0.6 is 23.4 Å². The molecule has 1 aliphatic rings. The van der Waals surface area contributed by atoms with Gasteiger partial charge >= 0.3 is 0 Å². The van der Waals surface area contributed by atoms with E-state index in [4.69, 9.17) is 30.8 Å². The third-order valence-corrected chi connectivity index (χ3v) is 7.60. The monoisotopic (exact) mass is 573 g/mol. The Morgan fingerprint density at radius 2 is 1.77 bits per heavy atom. The first-order valence-electron chi connectivity index (χ1n) is 12.5. The van der Waals surface area contributed by atoms with Crippen LogP contribution in [0.2, 0.25) is 5.02 Å². The van der Waals surface area contributed by atoms with E-state index in [2.05, 4.69) is 17.1 Å². The fourth-order valence-electron chi connectivity index (χ4n) is 4.44. The second-order valence-electron chi connectivity index (χ2n) is 9.01. The highest BCUT2D eigenvalue weighted by Crippen LogP contribution is 2.40. The molecule has 1 aliphatic heterocycles. The molecule has 0 bridgehead atoms. The van der Waals surface area contributed by atoms with Crippen LogP contribution in [-0.4, -0.2) is 52.6 Å².